The largest absolute Gasteiger partial charge is 0.534 e. The number of nitrogens with zero attached hydrogens (tertiary/aromatic N) is 2. The number of nitro benzene ring substituents is 1. The van der Waals surface area contributed by atoms with Gasteiger partial charge in [-0.25, -0.2) is 9.59 Å². The molecule has 0 aromatic heterocycles. The molecule has 3 aliphatic rings. The van der Waals surface area contributed by atoms with Gasteiger partial charge >= 0.3 is 12.2 Å². The fourth-order valence-electron chi connectivity index (χ4n) is 6.22. The third kappa shape index (κ3) is 14.8. The molecule has 22 heteroatoms. The number of hydrogen-bond acceptors (Lipinski definition) is 16. The molecule has 4 rings (SSSR count). The van der Waals surface area contributed by atoms with E-state index in [9.17, 15) is 38.9 Å². The SMILES string of the molecule is COc1cc(C(C)OC(=O)ON2C(=O)CCC2=O)c([N+](=O)[O-])cc1OCCCC(=O)NCCOCCOCCOCCNC(=O)CCCC[C@H]1SC[C@@H]2NC(=O)N[C@@H]21. The number of amides is 6. The molecule has 0 aliphatic carbocycles. The highest BCUT2D eigenvalue weighted by molar-refractivity contribution is 8.00. The highest BCUT2D eigenvalue weighted by Crippen LogP contribution is 2.39. The summed E-state index contributed by atoms with van der Waals surface area (Å²) in [5.74, 6) is -0.601. The van der Waals surface area contributed by atoms with Crippen LogP contribution in [0.3, 0.4) is 0 Å². The summed E-state index contributed by atoms with van der Waals surface area (Å²) in [6.07, 6.45) is 0.720. The summed E-state index contributed by atoms with van der Waals surface area (Å²) in [6.45, 7) is 4.15. The number of rotatable bonds is 27. The van der Waals surface area contributed by atoms with Crippen molar-refractivity contribution in [3.8, 4) is 11.5 Å². The van der Waals surface area contributed by atoms with Crippen LogP contribution in [0.5, 0.6) is 11.5 Å². The molecule has 0 radical (unpaired) electrons. The second-order valence-corrected chi connectivity index (χ2v) is 14.6. The van der Waals surface area contributed by atoms with E-state index in [4.69, 9.17) is 28.4 Å². The average Bonchev–Trinajstić information content (AvgIpc) is 3.86. The molecular weight excluding hydrogens is 788 g/mol. The first-order valence-electron chi connectivity index (χ1n) is 19.2. The van der Waals surface area contributed by atoms with E-state index < -0.39 is 34.7 Å². The van der Waals surface area contributed by atoms with Gasteiger partial charge in [0.1, 0.15) is 6.10 Å². The highest BCUT2D eigenvalue weighted by Gasteiger charge is 2.42. The number of unbranched alkanes of at least 4 members (excludes halogenated alkanes) is 1. The lowest BCUT2D eigenvalue weighted by atomic mass is 10.0. The highest BCUT2D eigenvalue weighted by atomic mass is 32.2. The Morgan fingerprint density at radius 3 is 2.12 bits per heavy atom. The van der Waals surface area contributed by atoms with Crippen LogP contribution >= 0.6 is 11.8 Å². The van der Waals surface area contributed by atoms with E-state index in [-0.39, 0.29) is 92.4 Å². The van der Waals surface area contributed by atoms with Crippen LogP contribution in [-0.4, -0.2) is 135 Å². The Morgan fingerprint density at radius 1 is 0.879 bits per heavy atom. The van der Waals surface area contributed by atoms with Gasteiger partial charge in [0.2, 0.25) is 11.8 Å². The Labute approximate surface area is 339 Å². The maximum atomic E-state index is 12.2. The summed E-state index contributed by atoms with van der Waals surface area (Å²) in [4.78, 5) is 87.2. The standard InChI is InChI=1S/C36H52N6O15S/c1-23(56-36(48)57-41-32(45)9-10-33(41)46)24-20-27(51-2)28(21-26(24)42(49)50)55-13-5-8-31(44)38-12-15-53-17-19-54-18-16-52-14-11-37-30(43)7-4-3-6-29-34-25(22-58-29)39-35(47)40-34/h20-21,23,25,29,34H,3-19,22H2,1-2H3,(H,37,43)(H,38,44)(H2,39,40,47)/t23?,25-,29+,34-/m0/s1. The van der Waals surface area contributed by atoms with Gasteiger partial charge in [-0.2, -0.15) is 11.8 Å². The number of hydrogen-bond donors (Lipinski definition) is 4. The third-order valence-electron chi connectivity index (χ3n) is 9.16. The summed E-state index contributed by atoms with van der Waals surface area (Å²) in [6, 6.07) is 2.69. The maximum absolute atomic E-state index is 12.2. The van der Waals surface area contributed by atoms with E-state index >= 15 is 0 Å². The van der Waals surface area contributed by atoms with E-state index in [1.807, 2.05) is 11.8 Å². The lowest BCUT2D eigenvalue weighted by molar-refractivity contribution is -0.386. The van der Waals surface area contributed by atoms with Crippen molar-refractivity contribution in [3.05, 3.63) is 27.8 Å². The van der Waals surface area contributed by atoms with Gasteiger partial charge in [0.25, 0.3) is 17.5 Å². The number of urea groups is 1. The van der Waals surface area contributed by atoms with Gasteiger partial charge in [0.05, 0.1) is 82.0 Å². The Bertz CT molecular complexity index is 1590. The number of nitro groups is 1. The monoisotopic (exact) mass is 840 g/mol. The predicted octanol–water partition coefficient (Wildman–Crippen LogP) is 2.05. The fourth-order valence-corrected chi connectivity index (χ4v) is 7.76. The number of carbonyl (C=O) groups excluding carboxylic acids is 6. The lowest BCUT2D eigenvalue weighted by Gasteiger charge is -2.18. The van der Waals surface area contributed by atoms with Crippen molar-refractivity contribution in [1.29, 1.82) is 0 Å². The van der Waals surface area contributed by atoms with Crippen LogP contribution in [0.25, 0.3) is 0 Å². The second kappa shape index (κ2) is 24.1. The zero-order valence-corrected chi connectivity index (χ0v) is 33.4. The molecule has 1 aromatic rings. The van der Waals surface area contributed by atoms with Crippen molar-refractivity contribution in [2.45, 2.75) is 81.7 Å². The van der Waals surface area contributed by atoms with E-state index in [0.717, 1.165) is 31.1 Å². The zero-order chi connectivity index (χ0) is 41.9. The van der Waals surface area contributed by atoms with Crippen molar-refractivity contribution in [3.63, 3.8) is 0 Å². The molecule has 3 heterocycles. The number of imide groups is 1. The normalized spacial score (nSPS) is 18.9. The maximum Gasteiger partial charge on any atom is 0.534 e. The Kier molecular flexibility index (Phi) is 19.0. The van der Waals surface area contributed by atoms with E-state index in [1.165, 1.54) is 20.1 Å². The van der Waals surface area contributed by atoms with Crippen LogP contribution in [0.2, 0.25) is 0 Å². The minimum absolute atomic E-state index is 0.00626. The zero-order valence-electron chi connectivity index (χ0n) is 32.6. The number of methoxy groups -OCH3 is 1. The Morgan fingerprint density at radius 2 is 1.50 bits per heavy atom. The molecule has 1 unspecified atom stereocenters. The fraction of sp³-hybridized carbons (Fsp3) is 0.667. The number of fused-ring (bicyclic) bond motifs is 1. The number of ether oxygens (including phenoxy) is 6. The Hall–Kier alpha value is -4.93. The minimum Gasteiger partial charge on any atom is -0.493 e. The van der Waals surface area contributed by atoms with Gasteiger partial charge in [-0.1, -0.05) is 11.5 Å². The number of hydroxylamine groups is 2. The van der Waals surface area contributed by atoms with Crippen molar-refractivity contribution >= 4 is 53.3 Å². The van der Waals surface area contributed by atoms with Gasteiger partial charge in [0.15, 0.2) is 11.5 Å². The summed E-state index contributed by atoms with van der Waals surface area (Å²) < 4.78 is 32.5. The number of thioether (sulfide) groups is 1. The molecule has 3 aliphatic heterocycles. The molecule has 21 nitrogen and oxygen atoms in total. The molecule has 6 amide bonds. The molecule has 3 saturated heterocycles. The van der Waals surface area contributed by atoms with Gasteiger partial charge in [-0.3, -0.25) is 34.1 Å². The molecule has 0 spiro atoms. The second-order valence-electron chi connectivity index (χ2n) is 13.4. The van der Waals surface area contributed by atoms with E-state index in [2.05, 4.69) is 26.1 Å². The van der Waals surface area contributed by atoms with Crippen LogP contribution in [-0.2, 0) is 43.0 Å². The number of nitrogens with one attached hydrogen (secondary N) is 4. The first-order valence-corrected chi connectivity index (χ1v) is 20.2. The van der Waals surface area contributed by atoms with Crippen LogP contribution < -0.4 is 30.7 Å². The predicted molar refractivity (Wildman–Crippen MR) is 204 cm³/mol. The first kappa shape index (κ1) is 45.8. The van der Waals surface area contributed by atoms with Gasteiger partial charge in [0, 0.05) is 49.8 Å². The van der Waals surface area contributed by atoms with Crippen LogP contribution in [0, 0.1) is 10.1 Å². The van der Waals surface area contributed by atoms with Crippen molar-refractivity contribution in [2.75, 3.05) is 72.2 Å². The lowest BCUT2D eigenvalue weighted by Crippen LogP contribution is -2.36. The van der Waals surface area contributed by atoms with Crippen LogP contribution in [0.15, 0.2) is 12.1 Å². The summed E-state index contributed by atoms with van der Waals surface area (Å²) in [5.41, 5.74) is -0.507. The quantitative estimate of drug-likeness (QED) is 0.0247. The molecule has 3 fully saturated rings. The van der Waals surface area contributed by atoms with Gasteiger partial charge in [-0.05, 0) is 32.3 Å². The molecule has 1 aromatic carbocycles. The molecule has 58 heavy (non-hydrogen) atoms. The smallest absolute Gasteiger partial charge is 0.493 e. The molecule has 4 atom stereocenters. The number of benzene rings is 1. The summed E-state index contributed by atoms with van der Waals surface area (Å²) >= 11 is 1.87. The summed E-state index contributed by atoms with van der Waals surface area (Å²) in [5, 5.41) is 24.0. The van der Waals surface area contributed by atoms with Gasteiger partial charge in [-0.15, -0.1) is 0 Å². The van der Waals surface area contributed by atoms with Crippen molar-refractivity contribution in [2.24, 2.45) is 0 Å². The average molecular weight is 841 g/mol. The Balaban J connectivity index is 0.964. The molecule has 0 bridgehead atoms. The topological polar surface area (TPSA) is 262 Å². The van der Waals surface area contributed by atoms with Crippen molar-refractivity contribution < 1.29 is 66.9 Å². The van der Waals surface area contributed by atoms with Crippen LogP contribution in [0.4, 0.5) is 15.3 Å². The first-order chi connectivity index (χ1) is 28.0. The molecule has 4 N–H and O–H groups in total. The van der Waals surface area contributed by atoms with E-state index in [1.54, 1.807) is 0 Å². The molecular formula is C36H52N6O15S. The third-order valence-corrected chi connectivity index (χ3v) is 10.7. The molecule has 322 valence electrons. The van der Waals surface area contributed by atoms with Gasteiger partial charge < -0.3 is 49.7 Å². The van der Waals surface area contributed by atoms with E-state index in [0.29, 0.717) is 56.3 Å². The minimum atomic E-state index is -1.39. The van der Waals surface area contributed by atoms with Crippen molar-refractivity contribution in [1.82, 2.24) is 26.3 Å². The van der Waals surface area contributed by atoms with Crippen LogP contribution in [0.1, 0.15) is 70.0 Å². The molecule has 0 saturated carbocycles. The summed E-state index contributed by atoms with van der Waals surface area (Å²) in [7, 11) is 1.32. The number of carbonyl (C=O) groups is 6.